The van der Waals surface area contributed by atoms with Crippen molar-refractivity contribution < 1.29 is 29.6 Å². The molecule has 3 N–H and O–H groups in total. The maximum atomic E-state index is 14.4. The molecule has 0 amide bonds. The van der Waals surface area contributed by atoms with Crippen LogP contribution in [0.25, 0.3) is 0 Å². The van der Waals surface area contributed by atoms with Gasteiger partial charge >= 0.3 is 0 Å². The molecule has 5 aliphatic carbocycles. The second kappa shape index (κ2) is 7.18. The summed E-state index contributed by atoms with van der Waals surface area (Å²) in [4.78, 5) is 30.4. The molecule has 0 bridgehead atoms. The summed E-state index contributed by atoms with van der Waals surface area (Å²) in [5.74, 6) is -2.55. The molecule has 0 aliphatic heterocycles. The predicted molar refractivity (Wildman–Crippen MR) is 130 cm³/mol. The van der Waals surface area contributed by atoms with E-state index in [0.29, 0.717) is 18.4 Å². The van der Waals surface area contributed by atoms with Crippen molar-refractivity contribution in [2.45, 2.75) is 78.8 Å². The van der Waals surface area contributed by atoms with Crippen molar-refractivity contribution in [3.05, 3.63) is 11.8 Å². The number of rotatable bonds is 4. The van der Waals surface area contributed by atoms with Gasteiger partial charge in [0.1, 0.15) is 11.9 Å². The molecule has 5 saturated carbocycles. The van der Waals surface area contributed by atoms with Gasteiger partial charge in [-0.1, -0.05) is 27.7 Å². The molecular formula is C28H43NO6. The summed E-state index contributed by atoms with van der Waals surface area (Å²) in [5, 5.41) is 33.9. The topological polar surface area (TPSA) is 107 Å². The second-order valence-corrected chi connectivity index (χ2v) is 14.1. The van der Waals surface area contributed by atoms with Crippen molar-refractivity contribution in [1.29, 1.82) is 0 Å². The van der Waals surface area contributed by atoms with Gasteiger partial charge in [-0.3, -0.25) is 9.59 Å². The van der Waals surface area contributed by atoms with Gasteiger partial charge in [0.2, 0.25) is 0 Å². The first-order valence-corrected chi connectivity index (χ1v) is 13.1. The molecule has 0 radical (unpaired) electrons. The van der Waals surface area contributed by atoms with E-state index in [2.05, 4.69) is 13.8 Å². The first-order valence-electron chi connectivity index (χ1n) is 13.1. The summed E-state index contributed by atoms with van der Waals surface area (Å²) in [5.41, 5.74) is -2.38. The van der Waals surface area contributed by atoms with Crippen LogP contribution in [0.5, 0.6) is 0 Å². The smallest absolute Gasteiger partial charge is 0.169 e. The summed E-state index contributed by atoms with van der Waals surface area (Å²) in [7, 11) is 3.74. The number of hydrogen-bond acceptors (Lipinski definition) is 7. The fourth-order valence-corrected chi connectivity index (χ4v) is 10.1. The SMILES string of the molecule is CN(C)C=C1CC(C)(C)C2C(O)C(OC(C)(C)O)C34C(=O)C5C3C(CCC4C2(CO)C1=O)C5(C)C. The van der Waals surface area contributed by atoms with Gasteiger partial charge in [-0.15, -0.1) is 0 Å². The number of carbonyl (C=O) groups excluding carboxylic acids is 2. The Morgan fingerprint density at radius 2 is 1.77 bits per heavy atom. The summed E-state index contributed by atoms with van der Waals surface area (Å²) >= 11 is 0. The van der Waals surface area contributed by atoms with Crippen LogP contribution in [0.4, 0.5) is 0 Å². The zero-order valence-electron chi connectivity index (χ0n) is 22.5. The van der Waals surface area contributed by atoms with Crippen molar-refractivity contribution in [3.63, 3.8) is 0 Å². The molecule has 0 aromatic rings. The fourth-order valence-electron chi connectivity index (χ4n) is 10.1. The first-order chi connectivity index (χ1) is 16.0. The van der Waals surface area contributed by atoms with Crippen molar-refractivity contribution in [1.82, 2.24) is 4.90 Å². The molecule has 0 aromatic carbocycles. The van der Waals surface area contributed by atoms with Crippen LogP contribution in [0.15, 0.2) is 11.8 Å². The van der Waals surface area contributed by atoms with Crippen LogP contribution >= 0.6 is 0 Å². The number of carbonyl (C=O) groups is 2. The van der Waals surface area contributed by atoms with Gasteiger partial charge in [0.05, 0.1) is 23.5 Å². The summed E-state index contributed by atoms with van der Waals surface area (Å²) < 4.78 is 6.22. The number of Topliss-reactive ketones (excluding diaryl/α,β-unsaturated/α-hetero) is 2. The van der Waals surface area contributed by atoms with Gasteiger partial charge in [-0.2, -0.15) is 0 Å². The molecule has 196 valence electrons. The Morgan fingerprint density at radius 3 is 2.31 bits per heavy atom. The number of fused-ring (bicyclic) bond motifs is 2. The monoisotopic (exact) mass is 489 g/mol. The molecule has 5 rings (SSSR count). The fraction of sp³-hybridized carbons (Fsp3) is 0.857. The number of aliphatic hydroxyl groups excluding tert-OH is 2. The number of hydrogen-bond donors (Lipinski definition) is 3. The second-order valence-electron chi connectivity index (χ2n) is 14.1. The van der Waals surface area contributed by atoms with E-state index in [1.165, 1.54) is 13.8 Å². The summed E-state index contributed by atoms with van der Waals surface area (Å²) in [6.45, 7) is 11.0. The number of ether oxygens (including phenoxy) is 1. The van der Waals surface area contributed by atoms with Crippen molar-refractivity contribution in [2.75, 3.05) is 20.7 Å². The van der Waals surface area contributed by atoms with Gasteiger partial charge in [0, 0.05) is 37.7 Å². The minimum atomic E-state index is -1.56. The lowest BCUT2D eigenvalue weighted by molar-refractivity contribution is -0.368. The Kier molecular flexibility index (Phi) is 5.20. The number of nitrogens with zero attached hydrogens (tertiary/aromatic N) is 1. The predicted octanol–water partition coefficient (Wildman–Crippen LogP) is 2.38. The van der Waals surface area contributed by atoms with Crippen LogP contribution in [0, 0.1) is 51.2 Å². The third-order valence-corrected chi connectivity index (χ3v) is 10.7. The lowest BCUT2D eigenvalue weighted by atomic mass is 9.21. The number of aliphatic hydroxyl groups is 3. The zero-order valence-corrected chi connectivity index (χ0v) is 22.5. The van der Waals surface area contributed by atoms with Gasteiger partial charge < -0.3 is 25.0 Å². The molecule has 7 heteroatoms. The average molecular weight is 490 g/mol. The highest BCUT2D eigenvalue weighted by Gasteiger charge is 2.88. The van der Waals surface area contributed by atoms with E-state index in [9.17, 15) is 24.9 Å². The van der Waals surface area contributed by atoms with Crippen molar-refractivity contribution in [2.24, 2.45) is 51.2 Å². The van der Waals surface area contributed by atoms with Crippen LogP contribution < -0.4 is 0 Å². The van der Waals surface area contributed by atoms with Crippen LogP contribution in [0.2, 0.25) is 0 Å². The Labute approximate surface area is 208 Å². The van der Waals surface area contributed by atoms with Gasteiger partial charge in [-0.25, -0.2) is 0 Å². The maximum absolute atomic E-state index is 14.4. The third kappa shape index (κ3) is 2.82. The normalized spacial score (nSPS) is 48.3. The Morgan fingerprint density at radius 1 is 1.14 bits per heavy atom. The van der Waals surface area contributed by atoms with Gasteiger partial charge in [0.15, 0.2) is 11.6 Å². The minimum Gasteiger partial charge on any atom is -0.395 e. The highest BCUT2D eigenvalue weighted by molar-refractivity contribution is 6.04. The molecule has 0 aromatic heterocycles. The summed E-state index contributed by atoms with van der Waals surface area (Å²) in [6.07, 6.45) is 1.70. The molecule has 5 fully saturated rings. The van der Waals surface area contributed by atoms with Gasteiger partial charge in [0.25, 0.3) is 0 Å². The number of ketones is 2. The van der Waals surface area contributed by atoms with Crippen molar-refractivity contribution >= 4 is 11.6 Å². The molecule has 0 heterocycles. The molecule has 9 atom stereocenters. The third-order valence-electron chi connectivity index (χ3n) is 10.7. The standard InChI is InChI=1S/C28H43NO6/c1-24(2)11-14(12-29(7)8)21(32)27(13-30)16-10-9-15-17-18(25(15,3)4)22(33)28(16,17)23(19(31)20(24)27)35-26(5,6)34/h12,15-20,23,30-31,34H,9-11,13H2,1-8H3. The highest BCUT2D eigenvalue weighted by Crippen LogP contribution is 2.82. The molecule has 35 heavy (non-hydrogen) atoms. The van der Waals surface area contributed by atoms with E-state index in [1.807, 2.05) is 39.0 Å². The van der Waals surface area contributed by atoms with E-state index in [0.717, 1.165) is 6.42 Å². The Bertz CT molecular complexity index is 992. The van der Waals surface area contributed by atoms with E-state index < -0.39 is 52.7 Å². The quantitative estimate of drug-likeness (QED) is 0.411. The maximum Gasteiger partial charge on any atom is 0.169 e. The Balaban J connectivity index is 1.75. The van der Waals surface area contributed by atoms with Gasteiger partial charge in [-0.05, 0) is 61.7 Å². The minimum absolute atomic E-state index is 0.00533. The highest BCUT2D eigenvalue weighted by atomic mass is 16.6. The molecule has 9 unspecified atom stereocenters. The van der Waals surface area contributed by atoms with Crippen LogP contribution in [-0.2, 0) is 14.3 Å². The van der Waals surface area contributed by atoms with E-state index in [4.69, 9.17) is 4.74 Å². The Hall–Kier alpha value is -1.28. The van der Waals surface area contributed by atoms with Crippen LogP contribution in [0.1, 0.15) is 60.8 Å². The van der Waals surface area contributed by atoms with E-state index in [-0.39, 0.29) is 34.7 Å². The molecular weight excluding hydrogens is 446 g/mol. The first kappa shape index (κ1) is 25.4. The lowest BCUT2D eigenvalue weighted by Crippen LogP contribution is -2.88. The largest absolute Gasteiger partial charge is 0.395 e. The van der Waals surface area contributed by atoms with E-state index in [1.54, 1.807) is 0 Å². The number of allylic oxidation sites excluding steroid dienone is 1. The molecule has 7 nitrogen and oxygen atoms in total. The lowest BCUT2D eigenvalue weighted by Gasteiger charge is -2.81. The molecule has 1 spiro atoms. The van der Waals surface area contributed by atoms with Crippen LogP contribution in [0.3, 0.4) is 0 Å². The molecule has 0 saturated heterocycles. The van der Waals surface area contributed by atoms with E-state index >= 15 is 0 Å². The zero-order chi connectivity index (χ0) is 26.1. The van der Waals surface area contributed by atoms with Crippen LogP contribution in [-0.4, -0.2) is 70.5 Å². The molecule has 5 aliphatic rings. The summed E-state index contributed by atoms with van der Waals surface area (Å²) in [6, 6.07) is 0. The van der Waals surface area contributed by atoms with Crippen molar-refractivity contribution in [3.8, 4) is 0 Å². The average Bonchev–Trinajstić information content (AvgIpc) is 2.70.